The van der Waals surface area contributed by atoms with E-state index in [1.807, 2.05) is 0 Å². The first kappa shape index (κ1) is 22.4. The zero-order valence-electron chi connectivity index (χ0n) is 24.1. The van der Waals surface area contributed by atoms with Crippen LogP contribution in [0, 0.1) is 6.92 Å². The molecule has 0 radical (unpaired) electrons. The maximum atomic E-state index is 2.62. The van der Waals surface area contributed by atoms with Crippen LogP contribution >= 0.6 is 0 Å². The van der Waals surface area contributed by atoms with Crippen molar-refractivity contribution >= 4 is 57.2 Å². The van der Waals surface area contributed by atoms with Crippen LogP contribution in [0.1, 0.15) is 50.1 Å². The molecule has 0 bridgehead atoms. The van der Waals surface area contributed by atoms with E-state index in [0.717, 1.165) is 0 Å². The van der Waals surface area contributed by atoms with E-state index in [0.29, 0.717) is 0 Å². The van der Waals surface area contributed by atoms with E-state index in [2.05, 4.69) is 89.5 Å². The Balaban J connectivity index is 1.24. The van der Waals surface area contributed by atoms with Gasteiger partial charge in [0.15, 0.2) is 0 Å². The summed E-state index contributed by atoms with van der Waals surface area (Å²) < 4.78 is 0. The Morgan fingerprint density at radius 1 is 0.429 bits per heavy atom. The third kappa shape index (κ3) is 2.73. The van der Waals surface area contributed by atoms with Crippen LogP contribution in [0.2, 0.25) is 0 Å². The van der Waals surface area contributed by atoms with Gasteiger partial charge in [0.25, 0.3) is 6.71 Å². The van der Waals surface area contributed by atoms with Crippen LogP contribution in [0.5, 0.6) is 0 Å². The topological polar surface area (TPSA) is 6.48 Å². The average Bonchev–Trinajstić information content (AvgIpc) is 2.92. The van der Waals surface area contributed by atoms with E-state index in [1.54, 1.807) is 11.1 Å². The monoisotopic (exact) mass is 538 g/mol. The lowest BCUT2D eigenvalue weighted by atomic mass is 9.33. The molecule has 0 N–H and O–H groups in total. The second-order valence-corrected chi connectivity index (χ2v) is 13.6. The lowest BCUT2D eigenvalue weighted by Gasteiger charge is -2.46. The summed E-state index contributed by atoms with van der Waals surface area (Å²) in [6.07, 6.45) is 9.67. The largest absolute Gasteiger partial charge is 0.311 e. The summed E-state index contributed by atoms with van der Waals surface area (Å²) in [6.45, 7) is 2.54. The highest BCUT2D eigenvalue weighted by molar-refractivity contribution is 7.00. The van der Waals surface area contributed by atoms with Crippen molar-refractivity contribution in [1.82, 2.24) is 0 Å². The van der Waals surface area contributed by atoms with Crippen LogP contribution in [0.3, 0.4) is 0 Å². The maximum Gasteiger partial charge on any atom is 0.252 e. The van der Waals surface area contributed by atoms with Gasteiger partial charge >= 0.3 is 0 Å². The first-order valence-electron chi connectivity index (χ1n) is 16.0. The molecular weight excluding hydrogens is 507 g/mol. The number of fused-ring (bicyclic) bond motifs is 8. The van der Waals surface area contributed by atoms with Crippen molar-refractivity contribution in [2.24, 2.45) is 0 Å². The lowest BCUT2D eigenvalue weighted by Crippen LogP contribution is -2.62. The second kappa shape index (κ2) is 7.58. The number of nitrogens with zero attached hydrogens (tertiary/aromatic N) is 2. The number of benzene rings is 5. The van der Waals surface area contributed by atoms with Crippen molar-refractivity contribution in [3.8, 4) is 0 Å². The van der Waals surface area contributed by atoms with E-state index in [1.165, 1.54) is 141 Å². The molecular formula is C39H31BN2. The predicted molar refractivity (Wildman–Crippen MR) is 175 cm³/mol. The van der Waals surface area contributed by atoms with Gasteiger partial charge in [-0.1, -0.05) is 24.3 Å². The zero-order chi connectivity index (χ0) is 27.3. The quantitative estimate of drug-likeness (QED) is 0.233. The van der Waals surface area contributed by atoms with Crippen molar-refractivity contribution in [1.29, 1.82) is 0 Å². The zero-order valence-corrected chi connectivity index (χ0v) is 24.1. The van der Waals surface area contributed by atoms with Gasteiger partial charge in [0, 0.05) is 34.1 Å². The highest BCUT2D eigenvalue weighted by Crippen LogP contribution is 2.47. The fourth-order valence-corrected chi connectivity index (χ4v) is 8.72. The molecule has 2 heterocycles. The van der Waals surface area contributed by atoms with Crippen LogP contribution in [0.15, 0.2) is 72.8 Å². The fraction of sp³-hybridized carbons (Fsp3) is 0.231. The molecule has 0 saturated heterocycles. The molecule has 0 saturated carbocycles. The molecule has 6 aliphatic rings. The summed E-state index contributed by atoms with van der Waals surface area (Å²) in [4.78, 5) is 5.24. The predicted octanol–water partition coefficient (Wildman–Crippen LogP) is 6.47. The molecule has 0 fully saturated rings. The molecule has 2 aliphatic heterocycles. The van der Waals surface area contributed by atoms with Crippen LogP contribution in [-0.2, 0) is 51.4 Å². The van der Waals surface area contributed by atoms with E-state index >= 15 is 0 Å². The molecule has 0 atom stereocenters. The van der Waals surface area contributed by atoms with E-state index in [-0.39, 0.29) is 6.71 Å². The molecule has 0 spiro atoms. The minimum Gasteiger partial charge on any atom is -0.311 e. The fourth-order valence-electron chi connectivity index (χ4n) is 8.72. The Bertz CT molecular complexity index is 1940. The van der Waals surface area contributed by atoms with Crippen molar-refractivity contribution in [3.05, 3.63) is 123 Å². The van der Waals surface area contributed by atoms with Gasteiger partial charge in [-0.3, -0.25) is 0 Å². The third-order valence-electron chi connectivity index (χ3n) is 11.4. The minimum absolute atomic E-state index is 0.253. The molecule has 2 nitrogen and oxygen atoms in total. The summed E-state index contributed by atoms with van der Waals surface area (Å²) >= 11 is 0. The Labute approximate surface area is 247 Å². The molecule has 0 unspecified atom stereocenters. The van der Waals surface area contributed by atoms with Gasteiger partial charge in [-0.25, -0.2) is 0 Å². The van der Waals surface area contributed by atoms with Crippen molar-refractivity contribution < 1.29 is 0 Å². The third-order valence-corrected chi connectivity index (χ3v) is 11.4. The van der Waals surface area contributed by atoms with Gasteiger partial charge < -0.3 is 9.80 Å². The van der Waals surface area contributed by atoms with Crippen molar-refractivity contribution in [3.63, 3.8) is 0 Å². The standard InChI is InChI=1S/C39H31BN2/c1-22-14-37-39-38(15-22)42(32-13-11-24-3-5-26(24)17-32)36-21-30-9-7-28(30)19-34(36)40(39)33-18-27-6-8-29(27)20-35(33)41(37)31-12-10-23-2-4-25(23)16-31/h10-21H,2-9H2,1H3. The Morgan fingerprint density at radius 3 is 1.24 bits per heavy atom. The molecule has 200 valence electrons. The highest BCUT2D eigenvalue weighted by Gasteiger charge is 2.45. The second-order valence-electron chi connectivity index (χ2n) is 13.6. The number of hydrogen-bond donors (Lipinski definition) is 0. The first-order valence-corrected chi connectivity index (χ1v) is 16.0. The van der Waals surface area contributed by atoms with Gasteiger partial charge in [0.1, 0.15) is 0 Å². The molecule has 11 rings (SSSR count). The van der Waals surface area contributed by atoms with Gasteiger partial charge in [-0.15, -0.1) is 0 Å². The number of rotatable bonds is 2. The SMILES string of the molecule is Cc1cc2c3c(c1)N(c1ccc4c(c1)CC4)c1cc4c(cc1B3c1cc3c(cc1N2c1ccc2c(c1)CC2)CC3)CC4. The molecule has 0 amide bonds. The van der Waals surface area contributed by atoms with Gasteiger partial charge in [-0.05, 0) is 173 Å². The number of aryl methyl sites for hydroxylation is 9. The molecule has 42 heavy (non-hydrogen) atoms. The van der Waals surface area contributed by atoms with Gasteiger partial charge in [0.05, 0.1) is 0 Å². The molecule has 5 aromatic rings. The molecule has 0 aromatic heterocycles. The van der Waals surface area contributed by atoms with Crippen molar-refractivity contribution in [2.45, 2.75) is 58.3 Å². The summed E-state index contributed by atoms with van der Waals surface area (Å²) in [5.41, 5.74) is 26.2. The number of hydrogen-bond acceptors (Lipinski definition) is 2. The highest BCUT2D eigenvalue weighted by atomic mass is 15.2. The normalized spacial score (nSPS) is 17.2. The number of anilines is 6. The van der Waals surface area contributed by atoms with Crippen LogP contribution in [-0.4, -0.2) is 6.71 Å². The molecule has 4 aliphatic carbocycles. The Kier molecular flexibility index (Phi) is 4.04. The van der Waals surface area contributed by atoms with Crippen molar-refractivity contribution in [2.75, 3.05) is 9.80 Å². The summed E-state index contributed by atoms with van der Waals surface area (Å²) in [5.74, 6) is 0. The Hall–Kier alpha value is -4.24. The minimum atomic E-state index is 0.253. The van der Waals surface area contributed by atoms with Crippen LogP contribution in [0.25, 0.3) is 0 Å². The maximum absolute atomic E-state index is 2.62. The van der Waals surface area contributed by atoms with E-state index in [9.17, 15) is 0 Å². The van der Waals surface area contributed by atoms with Gasteiger partial charge in [0.2, 0.25) is 0 Å². The molecule has 3 heteroatoms. The molecule has 5 aromatic carbocycles. The van der Waals surface area contributed by atoms with E-state index in [4.69, 9.17) is 0 Å². The summed E-state index contributed by atoms with van der Waals surface area (Å²) in [6, 6.07) is 29.7. The summed E-state index contributed by atoms with van der Waals surface area (Å²) in [5, 5.41) is 0. The van der Waals surface area contributed by atoms with Crippen LogP contribution in [0.4, 0.5) is 34.1 Å². The Morgan fingerprint density at radius 2 is 0.833 bits per heavy atom. The smallest absolute Gasteiger partial charge is 0.252 e. The van der Waals surface area contributed by atoms with Crippen LogP contribution < -0.4 is 26.2 Å². The van der Waals surface area contributed by atoms with E-state index < -0.39 is 0 Å². The lowest BCUT2D eigenvalue weighted by molar-refractivity contribution is 0.836. The average molecular weight is 539 g/mol. The summed E-state index contributed by atoms with van der Waals surface area (Å²) in [7, 11) is 0. The van der Waals surface area contributed by atoms with Gasteiger partial charge in [-0.2, -0.15) is 0 Å². The first-order chi connectivity index (χ1) is 20.7.